The van der Waals surface area contributed by atoms with Gasteiger partial charge in [-0.15, -0.1) is 0 Å². The summed E-state index contributed by atoms with van der Waals surface area (Å²) >= 11 is 0. The first-order chi connectivity index (χ1) is 20.3. The van der Waals surface area contributed by atoms with Gasteiger partial charge < -0.3 is 48.8 Å². The van der Waals surface area contributed by atoms with Gasteiger partial charge in [-0.2, -0.15) is 0 Å². The summed E-state index contributed by atoms with van der Waals surface area (Å²) in [6.07, 6.45) is 0. The van der Waals surface area contributed by atoms with Crippen LogP contribution in [0.5, 0.6) is 34.5 Å². The van der Waals surface area contributed by atoms with Crippen molar-refractivity contribution in [1.82, 2.24) is 0 Å². The van der Waals surface area contributed by atoms with Crippen molar-refractivity contribution in [3.05, 3.63) is 71.3 Å². The van der Waals surface area contributed by atoms with Gasteiger partial charge in [-0.3, -0.25) is 4.79 Å². The second-order valence-corrected chi connectivity index (χ2v) is 7.64. The summed E-state index contributed by atoms with van der Waals surface area (Å²) in [7, 11) is 8.88. The van der Waals surface area contributed by atoms with Crippen LogP contribution in [0.3, 0.4) is 0 Å². The molecule has 0 aliphatic rings. The summed E-state index contributed by atoms with van der Waals surface area (Å²) < 4.78 is 29.7. The second kappa shape index (κ2) is 19.4. The Hall–Kier alpha value is -5.66. The minimum absolute atomic E-state index is 0.178. The molecule has 0 spiro atoms. The average Bonchev–Trinajstić information content (AvgIpc) is 2.99. The van der Waals surface area contributed by atoms with E-state index in [1.807, 2.05) is 0 Å². The average molecular weight is 607 g/mol. The molecule has 0 saturated carbocycles. The van der Waals surface area contributed by atoms with Gasteiger partial charge in [0.15, 0.2) is 34.5 Å². The van der Waals surface area contributed by atoms with Gasteiger partial charge in [0, 0.05) is 6.92 Å². The Bertz CT molecular complexity index is 1210. The van der Waals surface area contributed by atoms with E-state index in [4.69, 9.17) is 53.6 Å². The molecule has 4 N–H and O–H groups in total. The monoisotopic (exact) mass is 606 g/mol. The molecule has 3 rings (SSSR count). The van der Waals surface area contributed by atoms with E-state index in [2.05, 4.69) is 0 Å². The minimum atomic E-state index is -0.985. The van der Waals surface area contributed by atoms with Crippen LogP contribution < -0.4 is 28.4 Å². The zero-order chi connectivity index (χ0) is 33.1. The van der Waals surface area contributed by atoms with Crippen molar-refractivity contribution >= 4 is 23.9 Å². The number of hydrogen-bond acceptors (Lipinski definition) is 10. The number of rotatable bonds is 9. The van der Waals surface area contributed by atoms with Gasteiger partial charge in [0.1, 0.15) is 0 Å². The van der Waals surface area contributed by atoms with E-state index in [0.29, 0.717) is 34.5 Å². The summed E-state index contributed by atoms with van der Waals surface area (Å²) in [4.78, 5) is 40.7. The number of aromatic carboxylic acids is 3. The molecule has 14 heteroatoms. The van der Waals surface area contributed by atoms with Crippen LogP contribution in [0.25, 0.3) is 0 Å². The molecule has 0 aromatic heterocycles. The van der Waals surface area contributed by atoms with E-state index in [-0.39, 0.29) is 16.7 Å². The Morgan fingerprint density at radius 1 is 0.419 bits per heavy atom. The van der Waals surface area contributed by atoms with Crippen LogP contribution in [-0.4, -0.2) is 87.0 Å². The molecule has 0 amide bonds. The molecule has 0 radical (unpaired) electrons. The lowest BCUT2D eigenvalue weighted by molar-refractivity contribution is -0.134. The van der Waals surface area contributed by atoms with Gasteiger partial charge >= 0.3 is 17.9 Å². The van der Waals surface area contributed by atoms with Crippen LogP contribution in [-0.2, 0) is 4.79 Å². The highest BCUT2D eigenvalue weighted by molar-refractivity contribution is 5.89. The predicted octanol–water partition coefficient (Wildman–Crippen LogP) is 4.30. The van der Waals surface area contributed by atoms with Gasteiger partial charge in [-0.05, 0) is 54.6 Å². The Morgan fingerprint density at radius 2 is 0.605 bits per heavy atom. The fourth-order valence-corrected chi connectivity index (χ4v) is 2.91. The Labute approximate surface area is 247 Å². The van der Waals surface area contributed by atoms with Crippen molar-refractivity contribution in [1.29, 1.82) is 0 Å². The fraction of sp³-hybridized carbons (Fsp3) is 0.241. The third kappa shape index (κ3) is 13.0. The Kier molecular flexibility index (Phi) is 16.9. The standard InChI is InChI=1S/3C9H10O4.C2H4O2/c3*1-12-7-4-3-6(9(10)11)5-8(7)13-2;1-2(3)4/h3*3-5H,1-2H3,(H,10,11);1H3,(H,3,4). The van der Waals surface area contributed by atoms with Gasteiger partial charge in [-0.25, -0.2) is 14.4 Å². The van der Waals surface area contributed by atoms with E-state index in [1.165, 1.54) is 79.1 Å². The lowest BCUT2D eigenvalue weighted by Crippen LogP contribution is -1.98. The quantitative estimate of drug-likeness (QED) is 0.268. The highest BCUT2D eigenvalue weighted by Crippen LogP contribution is 2.29. The molecule has 0 saturated heterocycles. The maximum absolute atomic E-state index is 10.6. The summed E-state index contributed by atoms with van der Waals surface area (Å²) in [5.41, 5.74) is 0.535. The second-order valence-electron chi connectivity index (χ2n) is 7.64. The summed E-state index contributed by atoms with van der Waals surface area (Å²) in [5.74, 6) is -0.970. The molecule has 3 aromatic rings. The smallest absolute Gasteiger partial charge is 0.335 e. The number of hydrogen-bond donors (Lipinski definition) is 4. The molecule has 43 heavy (non-hydrogen) atoms. The van der Waals surface area contributed by atoms with Crippen LogP contribution in [0.1, 0.15) is 38.0 Å². The molecule has 0 aliphatic carbocycles. The number of aliphatic carboxylic acids is 1. The van der Waals surface area contributed by atoms with Crippen molar-refractivity contribution in [2.24, 2.45) is 0 Å². The van der Waals surface area contributed by atoms with Crippen molar-refractivity contribution in [3.8, 4) is 34.5 Å². The SMILES string of the molecule is CC(=O)O.COc1ccc(C(=O)O)cc1OC.COc1ccc(C(=O)O)cc1OC.COc1ccc(C(=O)O)cc1OC. The number of benzene rings is 3. The summed E-state index contributed by atoms with van der Waals surface area (Å²) in [6, 6.07) is 13.3. The number of carboxylic acid groups (broad SMARTS) is 4. The van der Waals surface area contributed by atoms with Crippen LogP contribution in [0.2, 0.25) is 0 Å². The Balaban J connectivity index is 0.000000578. The molecular weight excluding hydrogens is 572 g/mol. The van der Waals surface area contributed by atoms with Crippen LogP contribution in [0.4, 0.5) is 0 Å². The number of methoxy groups -OCH3 is 6. The normalized spacial score (nSPS) is 9.09. The Morgan fingerprint density at radius 3 is 0.744 bits per heavy atom. The van der Waals surface area contributed by atoms with Gasteiger partial charge in [0.2, 0.25) is 0 Å². The van der Waals surface area contributed by atoms with Crippen LogP contribution >= 0.6 is 0 Å². The predicted molar refractivity (Wildman–Crippen MR) is 153 cm³/mol. The maximum atomic E-state index is 10.6. The third-order valence-electron chi connectivity index (χ3n) is 4.89. The molecular formula is C29H34O14. The molecule has 0 heterocycles. The molecule has 0 unspecified atom stereocenters. The van der Waals surface area contributed by atoms with Crippen molar-refractivity contribution in [3.63, 3.8) is 0 Å². The van der Waals surface area contributed by atoms with Crippen molar-refractivity contribution < 1.29 is 68.0 Å². The zero-order valence-electron chi connectivity index (χ0n) is 24.6. The topological polar surface area (TPSA) is 205 Å². The molecule has 0 atom stereocenters. The summed E-state index contributed by atoms with van der Waals surface area (Å²) in [5, 5.41) is 33.4. The van der Waals surface area contributed by atoms with Gasteiger partial charge in [0.25, 0.3) is 5.97 Å². The van der Waals surface area contributed by atoms with E-state index in [1.54, 1.807) is 18.2 Å². The van der Waals surface area contributed by atoms with Gasteiger partial charge in [0.05, 0.1) is 59.3 Å². The highest BCUT2D eigenvalue weighted by atomic mass is 16.5. The first kappa shape index (κ1) is 37.3. The molecule has 234 valence electrons. The van der Waals surface area contributed by atoms with E-state index in [9.17, 15) is 14.4 Å². The molecule has 14 nitrogen and oxygen atoms in total. The first-order valence-corrected chi connectivity index (χ1v) is 11.8. The van der Waals surface area contributed by atoms with Crippen LogP contribution in [0, 0.1) is 0 Å². The first-order valence-electron chi connectivity index (χ1n) is 11.8. The highest BCUT2D eigenvalue weighted by Gasteiger charge is 2.10. The fourth-order valence-electron chi connectivity index (χ4n) is 2.91. The lowest BCUT2D eigenvalue weighted by atomic mass is 10.2. The van der Waals surface area contributed by atoms with Crippen molar-refractivity contribution in [2.75, 3.05) is 42.7 Å². The van der Waals surface area contributed by atoms with E-state index in [0.717, 1.165) is 6.92 Å². The third-order valence-corrected chi connectivity index (χ3v) is 4.89. The van der Waals surface area contributed by atoms with Gasteiger partial charge in [-0.1, -0.05) is 0 Å². The molecule has 0 aliphatic heterocycles. The minimum Gasteiger partial charge on any atom is -0.493 e. The largest absolute Gasteiger partial charge is 0.493 e. The van der Waals surface area contributed by atoms with E-state index >= 15 is 0 Å². The van der Waals surface area contributed by atoms with Crippen LogP contribution in [0.15, 0.2) is 54.6 Å². The molecule has 0 fully saturated rings. The molecule has 0 bridgehead atoms. The molecule has 3 aromatic carbocycles. The van der Waals surface area contributed by atoms with Crippen molar-refractivity contribution in [2.45, 2.75) is 6.92 Å². The lowest BCUT2D eigenvalue weighted by Gasteiger charge is -2.07. The number of carboxylic acids is 4. The maximum Gasteiger partial charge on any atom is 0.335 e. The summed E-state index contributed by atoms with van der Waals surface area (Å²) in [6.45, 7) is 1.08. The van der Waals surface area contributed by atoms with E-state index < -0.39 is 23.9 Å². The number of carbonyl (C=O) groups is 4. The number of ether oxygens (including phenoxy) is 6. The zero-order valence-corrected chi connectivity index (χ0v) is 24.6.